The Hall–Kier alpha value is -1.83. The van der Waals surface area contributed by atoms with E-state index in [1.807, 2.05) is 0 Å². The summed E-state index contributed by atoms with van der Waals surface area (Å²) in [6.07, 6.45) is 1.04. The number of carbonyl (C=O) groups excluding carboxylic acids is 2. The molecule has 2 atom stereocenters. The van der Waals surface area contributed by atoms with Gasteiger partial charge < -0.3 is 26.2 Å². The Balaban J connectivity index is 2.27. The van der Waals surface area contributed by atoms with Crippen LogP contribution in [-0.4, -0.2) is 53.4 Å². The van der Waals surface area contributed by atoms with Crippen LogP contribution in [0.3, 0.4) is 0 Å². The van der Waals surface area contributed by atoms with Crippen LogP contribution < -0.4 is 16.0 Å². The molecule has 8 heteroatoms. The van der Waals surface area contributed by atoms with E-state index in [0.717, 1.165) is 0 Å². The Morgan fingerprint density at radius 2 is 2.22 bits per heavy atom. The maximum Gasteiger partial charge on any atom is 0.326 e. The molecule has 102 valence electrons. The highest BCUT2D eigenvalue weighted by Crippen LogP contribution is 2.04. The van der Waals surface area contributed by atoms with Crippen LogP contribution in [0, 0.1) is 0 Å². The Labute approximate surface area is 104 Å². The number of carboxylic acid groups (broad SMARTS) is 1. The predicted molar refractivity (Wildman–Crippen MR) is 60.8 cm³/mol. The molecule has 0 spiro atoms. The molecule has 0 aliphatic carbocycles. The van der Waals surface area contributed by atoms with Gasteiger partial charge in [0.25, 0.3) is 0 Å². The average Bonchev–Trinajstić information content (AvgIpc) is 2.72. The summed E-state index contributed by atoms with van der Waals surface area (Å²) in [5.74, 6) is -1.25. The third-order valence-corrected chi connectivity index (χ3v) is 2.62. The summed E-state index contributed by atoms with van der Waals surface area (Å²) in [6, 6.07) is -1.85. The summed E-state index contributed by atoms with van der Waals surface area (Å²) in [7, 11) is 0. The molecule has 1 unspecified atom stereocenters. The number of nitrogens with one attached hydrogen (secondary N) is 3. The van der Waals surface area contributed by atoms with Crippen molar-refractivity contribution in [3.05, 3.63) is 0 Å². The fourth-order valence-corrected chi connectivity index (χ4v) is 1.64. The zero-order valence-corrected chi connectivity index (χ0v) is 9.81. The minimum absolute atomic E-state index is 0.0501. The van der Waals surface area contributed by atoms with Gasteiger partial charge in [-0.3, -0.25) is 4.79 Å². The molecule has 0 bridgehead atoms. The smallest absolute Gasteiger partial charge is 0.326 e. The molecule has 1 saturated heterocycles. The lowest BCUT2D eigenvalue weighted by Gasteiger charge is -2.16. The lowest BCUT2D eigenvalue weighted by atomic mass is 10.2. The molecule has 0 aromatic rings. The Morgan fingerprint density at radius 3 is 2.72 bits per heavy atom. The van der Waals surface area contributed by atoms with Gasteiger partial charge in [0.05, 0.1) is 0 Å². The van der Waals surface area contributed by atoms with E-state index in [4.69, 9.17) is 10.2 Å². The number of rotatable bonds is 6. The first-order valence-corrected chi connectivity index (χ1v) is 5.70. The summed E-state index contributed by atoms with van der Waals surface area (Å²) in [5.41, 5.74) is 0. The van der Waals surface area contributed by atoms with Crippen LogP contribution >= 0.6 is 0 Å². The molecule has 18 heavy (non-hydrogen) atoms. The number of hydrogen-bond acceptors (Lipinski definition) is 4. The number of aliphatic hydroxyl groups excluding tert-OH is 1. The summed E-state index contributed by atoms with van der Waals surface area (Å²) >= 11 is 0. The molecule has 0 aromatic heterocycles. The highest BCUT2D eigenvalue weighted by atomic mass is 16.4. The van der Waals surface area contributed by atoms with Crippen molar-refractivity contribution >= 4 is 17.9 Å². The number of aliphatic hydroxyl groups is 1. The van der Waals surface area contributed by atoms with Gasteiger partial charge in [-0.1, -0.05) is 0 Å². The van der Waals surface area contributed by atoms with E-state index in [1.165, 1.54) is 0 Å². The normalized spacial score (nSPS) is 20.1. The fourth-order valence-electron chi connectivity index (χ4n) is 1.64. The van der Waals surface area contributed by atoms with Crippen molar-refractivity contribution in [2.75, 3.05) is 13.2 Å². The number of carbonyl (C=O) groups is 3. The third kappa shape index (κ3) is 4.58. The second-order valence-electron chi connectivity index (χ2n) is 4.06. The summed E-state index contributed by atoms with van der Waals surface area (Å²) in [5, 5.41) is 24.8. The summed E-state index contributed by atoms with van der Waals surface area (Å²) < 4.78 is 0. The van der Waals surface area contributed by atoms with Gasteiger partial charge in [-0.2, -0.15) is 0 Å². The molecule has 1 rings (SSSR count). The average molecular weight is 259 g/mol. The van der Waals surface area contributed by atoms with Gasteiger partial charge in [0, 0.05) is 32.0 Å². The highest BCUT2D eigenvalue weighted by molar-refractivity contribution is 5.82. The van der Waals surface area contributed by atoms with Gasteiger partial charge in [-0.05, 0) is 6.42 Å². The van der Waals surface area contributed by atoms with Gasteiger partial charge in [0.2, 0.25) is 5.91 Å². The molecule has 8 nitrogen and oxygen atoms in total. The molecule has 1 aliphatic heterocycles. The van der Waals surface area contributed by atoms with Crippen molar-refractivity contribution in [3.8, 4) is 0 Å². The quantitative estimate of drug-likeness (QED) is 0.392. The Bertz CT molecular complexity index is 333. The number of urea groups is 1. The summed E-state index contributed by atoms with van der Waals surface area (Å²) in [6.45, 7) is -0.0705. The Morgan fingerprint density at radius 1 is 1.50 bits per heavy atom. The molecule has 1 aliphatic rings. The van der Waals surface area contributed by atoms with Crippen molar-refractivity contribution < 1.29 is 24.6 Å². The minimum Gasteiger partial charge on any atom is -0.480 e. The predicted octanol–water partition coefficient (Wildman–Crippen LogP) is -1.60. The van der Waals surface area contributed by atoms with E-state index in [2.05, 4.69) is 16.0 Å². The first-order chi connectivity index (χ1) is 8.52. The standard InChI is InChI=1S/C10H17N3O5/c14-4-3-7(9(16)17)13-10(18)11-5-6-1-2-8(15)12-6/h6-7,14H,1-5H2,(H,12,15)(H,16,17)(H2,11,13,18)/t6?,7-/m0/s1. The fraction of sp³-hybridized carbons (Fsp3) is 0.700. The van der Waals surface area contributed by atoms with Crippen molar-refractivity contribution in [3.63, 3.8) is 0 Å². The van der Waals surface area contributed by atoms with Gasteiger partial charge in [-0.25, -0.2) is 9.59 Å². The van der Waals surface area contributed by atoms with Gasteiger partial charge in [0.1, 0.15) is 6.04 Å². The topological polar surface area (TPSA) is 128 Å². The van der Waals surface area contributed by atoms with E-state index in [-0.39, 0.29) is 31.5 Å². The second kappa shape index (κ2) is 6.80. The maximum atomic E-state index is 11.4. The molecule has 1 heterocycles. The van der Waals surface area contributed by atoms with E-state index >= 15 is 0 Å². The molecule has 5 N–H and O–H groups in total. The van der Waals surface area contributed by atoms with Crippen LogP contribution in [0.2, 0.25) is 0 Å². The summed E-state index contributed by atoms with van der Waals surface area (Å²) in [4.78, 5) is 33.0. The van der Waals surface area contributed by atoms with Gasteiger partial charge in [0.15, 0.2) is 0 Å². The third-order valence-electron chi connectivity index (χ3n) is 2.62. The molecule has 3 amide bonds. The zero-order chi connectivity index (χ0) is 13.5. The largest absolute Gasteiger partial charge is 0.480 e. The van der Waals surface area contributed by atoms with Crippen LogP contribution in [0.1, 0.15) is 19.3 Å². The van der Waals surface area contributed by atoms with Crippen LogP contribution in [0.15, 0.2) is 0 Å². The monoisotopic (exact) mass is 259 g/mol. The van der Waals surface area contributed by atoms with Crippen LogP contribution in [0.4, 0.5) is 4.79 Å². The van der Waals surface area contributed by atoms with Crippen LogP contribution in [-0.2, 0) is 9.59 Å². The molecule has 0 saturated carbocycles. The van der Waals surface area contributed by atoms with E-state index in [9.17, 15) is 14.4 Å². The Kier molecular flexibility index (Phi) is 5.37. The highest BCUT2D eigenvalue weighted by Gasteiger charge is 2.22. The first kappa shape index (κ1) is 14.2. The van der Waals surface area contributed by atoms with Crippen molar-refractivity contribution in [1.82, 2.24) is 16.0 Å². The van der Waals surface area contributed by atoms with Crippen LogP contribution in [0.25, 0.3) is 0 Å². The van der Waals surface area contributed by atoms with Crippen LogP contribution in [0.5, 0.6) is 0 Å². The minimum atomic E-state index is -1.20. The van der Waals surface area contributed by atoms with E-state index < -0.39 is 18.0 Å². The SMILES string of the molecule is O=C1CCC(CNC(=O)N[C@@H](CCO)C(=O)O)N1. The van der Waals surface area contributed by atoms with Crippen molar-refractivity contribution in [2.24, 2.45) is 0 Å². The van der Waals surface area contributed by atoms with E-state index in [0.29, 0.717) is 12.8 Å². The zero-order valence-electron chi connectivity index (χ0n) is 9.81. The second-order valence-corrected chi connectivity index (χ2v) is 4.06. The molecule has 1 fully saturated rings. The van der Waals surface area contributed by atoms with Crippen molar-refractivity contribution in [1.29, 1.82) is 0 Å². The molecular formula is C10H17N3O5. The number of amides is 3. The maximum absolute atomic E-state index is 11.4. The lowest BCUT2D eigenvalue weighted by Crippen LogP contribution is -2.49. The van der Waals surface area contributed by atoms with Crippen molar-refractivity contribution in [2.45, 2.75) is 31.3 Å². The molecule has 0 radical (unpaired) electrons. The van der Waals surface area contributed by atoms with Gasteiger partial charge in [-0.15, -0.1) is 0 Å². The first-order valence-electron chi connectivity index (χ1n) is 5.70. The lowest BCUT2D eigenvalue weighted by molar-refractivity contribution is -0.139. The number of hydrogen-bond donors (Lipinski definition) is 5. The number of carboxylic acids is 1. The molecular weight excluding hydrogens is 242 g/mol. The van der Waals surface area contributed by atoms with Gasteiger partial charge >= 0.3 is 12.0 Å². The number of aliphatic carboxylic acids is 1. The molecule has 0 aromatic carbocycles. The van der Waals surface area contributed by atoms with E-state index in [1.54, 1.807) is 0 Å².